The van der Waals surface area contributed by atoms with E-state index in [1.165, 1.54) is 0 Å². The van der Waals surface area contributed by atoms with Crippen molar-refractivity contribution in [2.24, 2.45) is 5.73 Å². The van der Waals surface area contributed by atoms with Gasteiger partial charge in [-0.25, -0.2) is 0 Å². The quantitative estimate of drug-likeness (QED) is 0.867. The molecule has 1 heterocycles. The Hall–Kier alpha value is -1.30. The highest BCUT2D eigenvalue weighted by Crippen LogP contribution is 2.21. The van der Waals surface area contributed by atoms with Crippen LogP contribution in [0.25, 0.3) is 0 Å². The molecule has 0 aromatic heterocycles. The molecule has 2 rings (SSSR count). The minimum Gasteiger partial charge on any atom is -0.378 e. The van der Waals surface area contributed by atoms with Crippen LogP contribution in [0.3, 0.4) is 0 Å². The number of carbonyl (C=O) groups is 1. The molecule has 112 valence electrons. The van der Waals surface area contributed by atoms with Crippen LogP contribution in [0.5, 0.6) is 0 Å². The summed E-state index contributed by atoms with van der Waals surface area (Å²) in [7, 11) is 0. The van der Waals surface area contributed by atoms with E-state index in [0.29, 0.717) is 6.54 Å². The van der Waals surface area contributed by atoms with E-state index in [1.54, 1.807) is 6.92 Å². The number of amides is 1. The van der Waals surface area contributed by atoms with Crippen LogP contribution in [0, 0.1) is 0 Å². The molecule has 0 saturated carbocycles. The minimum absolute atomic E-state index is 0. The van der Waals surface area contributed by atoms with Crippen LogP contribution in [0.4, 0.5) is 5.69 Å². The maximum atomic E-state index is 11.5. The number of hydrogen-bond donors (Lipinski definition) is 2. The normalized spacial score (nSPS) is 16.2. The van der Waals surface area contributed by atoms with Crippen molar-refractivity contribution in [3.63, 3.8) is 0 Å². The predicted octanol–water partition coefficient (Wildman–Crippen LogP) is 0.908. The van der Waals surface area contributed by atoms with Gasteiger partial charge in [-0.05, 0) is 18.6 Å². The fraction of sp³-hybridized carbons (Fsp3) is 0.500. The maximum absolute atomic E-state index is 11.5. The summed E-state index contributed by atoms with van der Waals surface area (Å²) in [6, 6.07) is 7.64. The number of anilines is 1. The molecule has 1 atom stereocenters. The highest BCUT2D eigenvalue weighted by Gasteiger charge is 2.15. The molecule has 1 fully saturated rings. The first kappa shape index (κ1) is 16.8. The number of para-hydroxylation sites is 1. The summed E-state index contributed by atoms with van der Waals surface area (Å²) in [6.45, 7) is 5.47. The first-order valence-electron chi connectivity index (χ1n) is 6.62. The summed E-state index contributed by atoms with van der Waals surface area (Å²) in [5.41, 5.74) is 7.81. The molecule has 0 spiro atoms. The van der Waals surface area contributed by atoms with Gasteiger partial charge in [-0.1, -0.05) is 18.2 Å². The van der Waals surface area contributed by atoms with Crippen LogP contribution in [0.15, 0.2) is 24.3 Å². The van der Waals surface area contributed by atoms with E-state index in [1.807, 2.05) is 18.2 Å². The number of morpholine rings is 1. The van der Waals surface area contributed by atoms with E-state index in [0.717, 1.165) is 37.6 Å². The second-order valence-corrected chi connectivity index (χ2v) is 4.73. The lowest BCUT2D eigenvalue weighted by Gasteiger charge is -2.30. The Labute approximate surface area is 125 Å². The first-order valence-corrected chi connectivity index (χ1v) is 6.62. The summed E-state index contributed by atoms with van der Waals surface area (Å²) in [4.78, 5) is 13.8. The summed E-state index contributed by atoms with van der Waals surface area (Å²) in [5, 5.41) is 2.86. The standard InChI is InChI=1S/C14H21N3O2.ClH/c1-11(15)14(18)16-10-12-4-2-3-5-13(12)17-6-8-19-9-7-17;/h2-5,11H,6-10,15H2,1H3,(H,16,18);1H. The molecule has 20 heavy (non-hydrogen) atoms. The lowest BCUT2D eigenvalue weighted by molar-refractivity contribution is -0.122. The Morgan fingerprint density at radius 3 is 2.70 bits per heavy atom. The number of halogens is 1. The Morgan fingerprint density at radius 2 is 2.05 bits per heavy atom. The second-order valence-electron chi connectivity index (χ2n) is 4.73. The van der Waals surface area contributed by atoms with Gasteiger partial charge >= 0.3 is 0 Å². The van der Waals surface area contributed by atoms with Gasteiger partial charge in [-0.3, -0.25) is 4.79 Å². The van der Waals surface area contributed by atoms with Crippen LogP contribution in [0.1, 0.15) is 12.5 Å². The lowest BCUT2D eigenvalue weighted by Crippen LogP contribution is -2.39. The molecular weight excluding hydrogens is 278 g/mol. The third-order valence-corrected chi connectivity index (χ3v) is 3.21. The molecule has 1 aromatic rings. The highest BCUT2D eigenvalue weighted by molar-refractivity contribution is 5.85. The maximum Gasteiger partial charge on any atom is 0.236 e. The predicted molar refractivity (Wildman–Crippen MR) is 82.2 cm³/mol. The second kappa shape index (κ2) is 8.09. The molecule has 0 aliphatic carbocycles. The monoisotopic (exact) mass is 299 g/mol. The van der Waals surface area contributed by atoms with Crippen LogP contribution < -0.4 is 16.0 Å². The fourth-order valence-corrected chi connectivity index (χ4v) is 2.12. The molecule has 1 aliphatic rings. The molecule has 1 amide bonds. The van der Waals surface area contributed by atoms with Crippen molar-refractivity contribution in [1.82, 2.24) is 5.32 Å². The highest BCUT2D eigenvalue weighted by atomic mass is 35.5. The number of nitrogens with two attached hydrogens (primary N) is 1. The zero-order valence-corrected chi connectivity index (χ0v) is 12.5. The molecule has 0 radical (unpaired) electrons. The molecule has 1 aromatic carbocycles. The van der Waals surface area contributed by atoms with Crippen molar-refractivity contribution in [2.45, 2.75) is 19.5 Å². The van der Waals surface area contributed by atoms with E-state index in [-0.39, 0.29) is 18.3 Å². The van der Waals surface area contributed by atoms with Gasteiger partial charge in [0.05, 0.1) is 19.3 Å². The largest absolute Gasteiger partial charge is 0.378 e. The third-order valence-electron chi connectivity index (χ3n) is 3.21. The van der Waals surface area contributed by atoms with Crippen molar-refractivity contribution < 1.29 is 9.53 Å². The van der Waals surface area contributed by atoms with Crippen molar-refractivity contribution in [2.75, 3.05) is 31.2 Å². The van der Waals surface area contributed by atoms with E-state index in [9.17, 15) is 4.79 Å². The van der Waals surface area contributed by atoms with Gasteiger partial charge < -0.3 is 20.7 Å². The molecule has 5 nitrogen and oxygen atoms in total. The molecule has 3 N–H and O–H groups in total. The summed E-state index contributed by atoms with van der Waals surface area (Å²) < 4.78 is 5.36. The van der Waals surface area contributed by atoms with Gasteiger partial charge in [-0.15, -0.1) is 12.4 Å². The summed E-state index contributed by atoms with van der Waals surface area (Å²) in [6.07, 6.45) is 0. The topological polar surface area (TPSA) is 67.6 Å². The van der Waals surface area contributed by atoms with E-state index in [2.05, 4.69) is 16.3 Å². The van der Waals surface area contributed by atoms with Crippen molar-refractivity contribution in [1.29, 1.82) is 0 Å². The van der Waals surface area contributed by atoms with Gasteiger partial charge in [0.15, 0.2) is 0 Å². The third kappa shape index (κ3) is 4.37. The molecular formula is C14H22ClN3O2. The van der Waals surface area contributed by atoms with E-state index in [4.69, 9.17) is 10.5 Å². The average molecular weight is 300 g/mol. The van der Waals surface area contributed by atoms with Gasteiger partial charge in [0.2, 0.25) is 5.91 Å². The zero-order valence-electron chi connectivity index (χ0n) is 11.7. The number of benzene rings is 1. The van der Waals surface area contributed by atoms with Crippen molar-refractivity contribution >= 4 is 24.0 Å². The van der Waals surface area contributed by atoms with Crippen LogP contribution in [-0.4, -0.2) is 38.3 Å². The van der Waals surface area contributed by atoms with Gasteiger partial charge in [-0.2, -0.15) is 0 Å². The minimum atomic E-state index is -0.476. The number of hydrogen-bond acceptors (Lipinski definition) is 4. The van der Waals surface area contributed by atoms with Crippen molar-refractivity contribution in [3.8, 4) is 0 Å². The number of ether oxygens (including phenoxy) is 1. The smallest absolute Gasteiger partial charge is 0.236 e. The van der Waals surface area contributed by atoms with Crippen LogP contribution in [0.2, 0.25) is 0 Å². The summed E-state index contributed by atoms with van der Waals surface area (Å²) >= 11 is 0. The molecule has 6 heteroatoms. The number of carbonyl (C=O) groups excluding carboxylic acids is 1. The average Bonchev–Trinajstić information content (AvgIpc) is 2.46. The van der Waals surface area contributed by atoms with Gasteiger partial charge in [0.25, 0.3) is 0 Å². The molecule has 1 saturated heterocycles. The van der Waals surface area contributed by atoms with E-state index >= 15 is 0 Å². The lowest BCUT2D eigenvalue weighted by atomic mass is 10.1. The van der Waals surface area contributed by atoms with Gasteiger partial charge in [0.1, 0.15) is 0 Å². The summed E-state index contributed by atoms with van der Waals surface area (Å²) in [5.74, 6) is -0.128. The van der Waals surface area contributed by atoms with E-state index < -0.39 is 6.04 Å². The van der Waals surface area contributed by atoms with Gasteiger partial charge in [0, 0.05) is 25.3 Å². The van der Waals surface area contributed by atoms with Crippen molar-refractivity contribution in [3.05, 3.63) is 29.8 Å². The molecule has 1 aliphatic heterocycles. The first-order chi connectivity index (χ1) is 9.18. The number of nitrogens with zero attached hydrogens (tertiary/aromatic N) is 1. The Kier molecular flexibility index (Phi) is 6.78. The number of nitrogens with one attached hydrogen (secondary N) is 1. The Balaban J connectivity index is 0.00000200. The van der Waals surface area contributed by atoms with Crippen LogP contribution in [-0.2, 0) is 16.1 Å². The number of rotatable bonds is 4. The SMILES string of the molecule is CC(N)C(=O)NCc1ccccc1N1CCOCC1.Cl. The van der Waals surface area contributed by atoms with Crippen LogP contribution >= 0.6 is 12.4 Å². The fourth-order valence-electron chi connectivity index (χ4n) is 2.12. The molecule has 1 unspecified atom stereocenters. The zero-order chi connectivity index (χ0) is 13.7. The Bertz CT molecular complexity index is 434. The molecule has 0 bridgehead atoms. The Morgan fingerprint density at radius 1 is 1.40 bits per heavy atom.